The molecule has 0 saturated heterocycles. The molecule has 1 atom stereocenters. The molecular formula is C22H20N2. The van der Waals surface area contributed by atoms with Gasteiger partial charge >= 0.3 is 0 Å². The zero-order valence-electron chi connectivity index (χ0n) is 13.8. The highest BCUT2D eigenvalue weighted by atomic mass is 15.1. The smallest absolute Gasteiger partial charge is 0.114 e. The third-order valence-electron chi connectivity index (χ3n) is 4.54. The zero-order valence-corrected chi connectivity index (χ0v) is 13.8. The molecule has 118 valence electrons. The van der Waals surface area contributed by atoms with Crippen molar-refractivity contribution in [2.75, 3.05) is 0 Å². The van der Waals surface area contributed by atoms with E-state index in [1.165, 1.54) is 16.6 Å². The van der Waals surface area contributed by atoms with Gasteiger partial charge in [0.1, 0.15) is 5.82 Å². The minimum absolute atomic E-state index is 0.248. The molecule has 0 fully saturated rings. The molecule has 3 aromatic carbocycles. The lowest BCUT2D eigenvalue weighted by Crippen LogP contribution is -2.11. The van der Waals surface area contributed by atoms with Crippen molar-refractivity contribution in [2.45, 2.75) is 19.4 Å². The minimum atomic E-state index is 0.248. The quantitative estimate of drug-likeness (QED) is 0.504. The number of aromatic nitrogens is 2. The van der Waals surface area contributed by atoms with E-state index in [0.717, 1.165) is 17.8 Å². The topological polar surface area (TPSA) is 17.8 Å². The Morgan fingerprint density at radius 2 is 1.42 bits per heavy atom. The van der Waals surface area contributed by atoms with Crippen LogP contribution in [0.15, 0.2) is 84.9 Å². The van der Waals surface area contributed by atoms with E-state index in [4.69, 9.17) is 4.98 Å². The number of hydrogen-bond acceptors (Lipinski definition) is 1. The molecule has 0 radical (unpaired) electrons. The normalized spacial score (nSPS) is 12.4. The average Bonchev–Trinajstić information content (AvgIpc) is 3.00. The SMILES string of the molecule is C[C@H](c1ccccc1)n1c(Cc2ccccc2)nc2ccccc21. The van der Waals surface area contributed by atoms with Crippen molar-refractivity contribution in [1.29, 1.82) is 0 Å². The Labute approximate surface area is 142 Å². The summed E-state index contributed by atoms with van der Waals surface area (Å²) in [6, 6.07) is 29.8. The Kier molecular flexibility index (Phi) is 3.87. The van der Waals surface area contributed by atoms with E-state index in [-0.39, 0.29) is 6.04 Å². The standard InChI is InChI=1S/C22H20N2/c1-17(19-12-6-3-7-13-19)24-21-15-9-8-14-20(21)23-22(24)16-18-10-4-2-5-11-18/h2-15,17H,16H2,1H3/t17-/m1/s1. The van der Waals surface area contributed by atoms with Gasteiger partial charge < -0.3 is 4.57 Å². The first-order valence-electron chi connectivity index (χ1n) is 8.37. The van der Waals surface area contributed by atoms with Gasteiger partial charge in [-0.05, 0) is 30.2 Å². The second-order valence-corrected chi connectivity index (χ2v) is 6.14. The molecule has 0 unspecified atom stereocenters. The fraction of sp³-hybridized carbons (Fsp3) is 0.136. The molecule has 24 heavy (non-hydrogen) atoms. The third kappa shape index (κ3) is 2.71. The largest absolute Gasteiger partial charge is 0.320 e. The van der Waals surface area contributed by atoms with Gasteiger partial charge in [-0.3, -0.25) is 0 Å². The van der Waals surface area contributed by atoms with Gasteiger partial charge in [-0.15, -0.1) is 0 Å². The predicted octanol–water partition coefficient (Wildman–Crippen LogP) is 5.24. The Balaban J connectivity index is 1.84. The lowest BCUT2D eigenvalue weighted by Gasteiger charge is -2.18. The van der Waals surface area contributed by atoms with Gasteiger partial charge in [0, 0.05) is 6.42 Å². The fourth-order valence-corrected chi connectivity index (χ4v) is 3.31. The summed E-state index contributed by atoms with van der Waals surface area (Å²) in [4.78, 5) is 4.92. The van der Waals surface area contributed by atoms with E-state index in [9.17, 15) is 0 Å². The Morgan fingerprint density at radius 1 is 0.792 bits per heavy atom. The van der Waals surface area contributed by atoms with Crippen molar-refractivity contribution in [1.82, 2.24) is 9.55 Å². The van der Waals surface area contributed by atoms with E-state index >= 15 is 0 Å². The van der Waals surface area contributed by atoms with Crippen LogP contribution in [0.3, 0.4) is 0 Å². The summed E-state index contributed by atoms with van der Waals surface area (Å²) in [6.07, 6.45) is 0.840. The van der Waals surface area contributed by atoms with E-state index in [0.29, 0.717) is 0 Å². The van der Waals surface area contributed by atoms with Crippen LogP contribution in [0.2, 0.25) is 0 Å². The number of nitrogens with zero attached hydrogens (tertiary/aromatic N) is 2. The van der Waals surface area contributed by atoms with Crippen molar-refractivity contribution in [2.24, 2.45) is 0 Å². The first-order valence-corrected chi connectivity index (χ1v) is 8.37. The van der Waals surface area contributed by atoms with Gasteiger partial charge in [0.15, 0.2) is 0 Å². The molecule has 0 saturated carbocycles. The minimum Gasteiger partial charge on any atom is -0.320 e. The molecule has 2 heteroatoms. The average molecular weight is 312 g/mol. The summed E-state index contributed by atoms with van der Waals surface area (Å²) in [7, 11) is 0. The van der Waals surface area contributed by atoms with E-state index in [1.54, 1.807) is 0 Å². The van der Waals surface area contributed by atoms with Gasteiger partial charge in [-0.1, -0.05) is 72.8 Å². The van der Waals surface area contributed by atoms with Crippen LogP contribution in [0, 0.1) is 0 Å². The van der Waals surface area contributed by atoms with Crippen LogP contribution in [0.25, 0.3) is 11.0 Å². The number of imidazole rings is 1. The van der Waals surface area contributed by atoms with Crippen molar-refractivity contribution in [3.8, 4) is 0 Å². The fourth-order valence-electron chi connectivity index (χ4n) is 3.31. The van der Waals surface area contributed by atoms with Gasteiger partial charge in [0.25, 0.3) is 0 Å². The summed E-state index contributed by atoms with van der Waals surface area (Å²) in [5, 5.41) is 0. The van der Waals surface area contributed by atoms with E-state index in [1.807, 2.05) is 0 Å². The maximum atomic E-state index is 4.92. The molecule has 1 heterocycles. The highest BCUT2D eigenvalue weighted by Gasteiger charge is 2.17. The van der Waals surface area contributed by atoms with E-state index < -0.39 is 0 Å². The predicted molar refractivity (Wildman–Crippen MR) is 99.2 cm³/mol. The maximum absolute atomic E-state index is 4.92. The van der Waals surface area contributed by atoms with Gasteiger partial charge in [-0.2, -0.15) is 0 Å². The number of benzene rings is 3. The summed E-state index contributed by atoms with van der Waals surface area (Å²) in [5.74, 6) is 1.11. The van der Waals surface area contributed by atoms with E-state index in [2.05, 4.69) is 96.4 Å². The van der Waals surface area contributed by atoms with Crippen LogP contribution in [-0.2, 0) is 6.42 Å². The Morgan fingerprint density at radius 3 is 2.17 bits per heavy atom. The van der Waals surface area contributed by atoms with Crippen LogP contribution in [0.4, 0.5) is 0 Å². The molecule has 4 rings (SSSR count). The highest BCUT2D eigenvalue weighted by Crippen LogP contribution is 2.27. The highest BCUT2D eigenvalue weighted by molar-refractivity contribution is 5.76. The molecule has 0 aliphatic rings. The Bertz CT molecular complexity index is 940. The molecule has 0 aliphatic carbocycles. The second kappa shape index (κ2) is 6.32. The van der Waals surface area contributed by atoms with Crippen molar-refractivity contribution < 1.29 is 0 Å². The third-order valence-corrected chi connectivity index (χ3v) is 4.54. The maximum Gasteiger partial charge on any atom is 0.114 e. The number of fused-ring (bicyclic) bond motifs is 1. The summed E-state index contributed by atoms with van der Waals surface area (Å²) in [5.41, 5.74) is 4.84. The van der Waals surface area contributed by atoms with Crippen LogP contribution < -0.4 is 0 Å². The number of rotatable bonds is 4. The molecule has 0 aliphatic heterocycles. The molecule has 1 aromatic heterocycles. The molecule has 0 N–H and O–H groups in total. The lowest BCUT2D eigenvalue weighted by atomic mass is 10.1. The van der Waals surface area contributed by atoms with Gasteiger partial charge in [0.05, 0.1) is 17.1 Å². The molecule has 0 amide bonds. The van der Waals surface area contributed by atoms with Crippen molar-refractivity contribution in [3.63, 3.8) is 0 Å². The van der Waals surface area contributed by atoms with Gasteiger partial charge in [0.2, 0.25) is 0 Å². The van der Waals surface area contributed by atoms with Crippen molar-refractivity contribution >= 4 is 11.0 Å². The Hall–Kier alpha value is -2.87. The molecular weight excluding hydrogens is 292 g/mol. The molecule has 2 nitrogen and oxygen atoms in total. The number of para-hydroxylation sites is 2. The van der Waals surface area contributed by atoms with Crippen LogP contribution in [-0.4, -0.2) is 9.55 Å². The number of hydrogen-bond donors (Lipinski definition) is 0. The first kappa shape index (κ1) is 14.7. The summed E-state index contributed by atoms with van der Waals surface area (Å²) < 4.78 is 2.37. The van der Waals surface area contributed by atoms with Crippen LogP contribution in [0.1, 0.15) is 29.9 Å². The second-order valence-electron chi connectivity index (χ2n) is 6.14. The summed E-state index contributed by atoms with van der Waals surface area (Å²) in [6.45, 7) is 2.25. The monoisotopic (exact) mass is 312 g/mol. The molecule has 0 spiro atoms. The lowest BCUT2D eigenvalue weighted by molar-refractivity contribution is 0.627. The van der Waals surface area contributed by atoms with Crippen molar-refractivity contribution in [3.05, 3.63) is 102 Å². The molecule has 0 bridgehead atoms. The van der Waals surface area contributed by atoms with Crippen LogP contribution >= 0.6 is 0 Å². The van der Waals surface area contributed by atoms with Gasteiger partial charge in [-0.25, -0.2) is 4.98 Å². The zero-order chi connectivity index (χ0) is 16.4. The van der Waals surface area contributed by atoms with Crippen LogP contribution in [0.5, 0.6) is 0 Å². The first-order chi connectivity index (χ1) is 11.8. The molecule has 4 aromatic rings. The summed E-state index contributed by atoms with van der Waals surface area (Å²) >= 11 is 0.